The average molecular weight is 457 g/mol. The molecule has 0 aliphatic heterocycles. The lowest BCUT2D eigenvalue weighted by atomic mass is 10.1. The van der Waals surface area contributed by atoms with E-state index >= 15 is 0 Å². The lowest BCUT2D eigenvalue weighted by Gasteiger charge is -2.06. The van der Waals surface area contributed by atoms with Crippen LogP contribution in [0.4, 0.5) is 0 Å². The standard InChI is InChI=1S/C18H23N3OS.HI/c19-18(20-12-11-16-7-3-1-4-8-16)21-13-14-23(22)15-17-9-5-2-6-10-17;/h1-10H,11-15H2,(H3,19,20,21);1H. The Morgan fingerprint density at radius 3 is 2.21 bits per heavy atom. The highest BCUT2D eigenvalue weighted by molar-refractivity contribution is 14.0. The summed E-state index contributed by atoms with van der Waals surface area (Å²) in [5, 5.41) is 3.08. The molecule has 24 heavy (non-hydrogen) atoms. The number of rotatable bonds is 8. The molecule has 2 aromatic rings. The van der Waals surface area contributed by atoms with Gasteiger partial charge in [-0.3, -0.25) is 9.20 Å². The summed E-state index contributed by atoms with van der Waals surface area (Å²) < 4.78 is 12.0. The van der Waals surface area contributed by atoms with Crippen molar-refractivity contribution in [2.24, 2.45) is 10.7 Å². The molecule has 0 saturated carbocycles. The van der Waals surface area contributed by atoms with Gasteiger partial charge in [0.05, 0.1) is 6.54 Å². The van der Waals surface area contributed by atoms with Gasteiger partial charge in [0.15, 0.2) is 5.96 Å². The molecule has 0 heterocycles. The summed E-state index contributed by atoms with van der Waals surface area (Å²) in [7, 11) is -0.913. The zero-order valence-electron chi connectivity index (χ0n) is 13.6. The van der Waals surface area contributed by atoms with Gasteiger partial charge in [-0.1, -0.05) is 60.7 Å². The SMILES string of the molecule is I.NC(=NCCS(=O)Cc1ccccc1)NCCc1ccccc1. The summed E-state index contributed by atoms with van der Waals surface area (Å²) in [6.07, 6.45) is 0.900. The Morgan fingerprint density at radius 1 is 1.00 bits per heavy atom. The number of nitrogens with two attached hydrogens (primary N) is 1. The molecule has 4 nitrogen and oxygen atoms in total. The van der Waals surface area contributed by atoms with Crippen molar-refractivity contribution in [1.82, 2.24) is 5.32 Å². The monoisotopic (exact) mass is 457 g/mol. The first-order chi connectivity index (χ1) is 11.2. The van der Waals surface area contributed by atoms with Crippen molar-refractivity contribution in [3.8, 4) is 0 Å². The smallest absolute Gasteiger partial charge is 0.188 e. The maximum atomic E-state index is 12.0. The van der Waals surface area contributed by atoms with E-state index < -0.39 is 10.8 Å². The predicted octanol–water partition coefficient (Wildman–Crippen LogP) is 2.70. The minimum Gasteiger partial charge on any atom is -0.370 e. The molecule has 0 amide bonds. The maximum Gasteiger partial charge on any atom is 0.188 e. The van der Waals surface area contributed by atoms with Gasteiger partial charge in [0.25, 0.3) is 0 Å². The van der Waals surface area contributed by atoms with Crippen LogP contribution in [0.25, 0.3) is 0 Å². The van der Waals surface area contributed by atoms with Crippen molar-refractivity contribution in [2.45, 2.75) is 12.2 Å². The molecule has 130 valence electrons. The molecule has 1 unspecified atom stereocenters. The summed E-state index contributed by atoms with van der Waals surface area (Å²) in [6.45, 7) is 1.22. The molecular weight excluding hydrogens is 433 g/mol. The van der Waals surface area contributed by atoms with E-state index in [1.807, 2.05) is 48.5 Å². The summed E-state index contributed by atoms with van der Waals surface area (Å²) in [6, 6.07) is 20.1. The average Bonchev–Trinajstić information content (AvgIpc) is 2.57. The van der Waals surface area contributed by atoms with E-state index in [2.05, 4.69) is 22.4 Å². The van der Waals surface area contributed by atoms with Crippen LogP contribution in [0.1, 0.15) is 11.1 Å². The van der Waals surface area contributed by atoms with Crippen LogP contribution >= 0.6 is 24.0 Å². The van der Waals surface area contributed by atoms with Gasteiger partial charge in [-0.05, 0) is 17.5 Å². The van der Waals surface area contributed by atoms with Crippen LogP contribution in [0.5, 0.6) is 0 Å². The van der Waals surface area contributed by atoms with Crippen molar-refractivity contribution in [3.05, 3.63) is 71.8 Å². The molecule has 0 spiro atoms. The maximum absolute atomic E-state index is 12.0. The zero-order chi connectivity index (χ0) is 16.3. The van der Waals surface area contributed by atoms with E-state index in [1.165, 1.54) is 5.56 Å². The van der Waals surface area contributed by atoms with Crippen molar-refractivity contribution < 1.29 is 4.21 Å². The Hall–Kier alpha value is -1.41. The topological polar surface area (TPSA) is 67.5 Å². The molecule has 0 bridgehead atoms. The first-order valence-electron chi connectivity index (χ1n) is 7.70. The van der Waals surface area contributed by atoms with Crippen LogP contribution in [0.15, 0.2) is 65.7 Å². The molecule has 0 aromatic heterocycles. The number of aliphatic imine (C=N–C) groups is 1. The van der Waals surface area contributed by atoms with Crippen molar-refractivity contribution >= 4 is 40.7 Å². The second-order valence-corrected chi connectivity index (χ2v) is 6.78. The Balaban J connectivity index is 0.00000288. The lowest BCUT2D eigenvalue weighted by molar-refractivity contribution is 0.682. The van der Waals surface area contributed by atoms with Crippen molar-refractivity contribution in [1.29, 1.82) is 0 Å². The molecule has 6 heteroatoms. The fourth-order valence-corrected chi connectivity index (χ4v) is 3.14. The summed E-state index contributed by atoms with van der Waals surface area (Å²) in [5.74, 6) is 1.51. The molecule has 0 aliphatic rings. The van der Waals surface area contributed by atoms with Gasteiger partial charge >= 0.3 is 0 Å². The minimum atomic E-state index is -0.913. The molecular formula is C18H24IN3OS. The molecule has 0 radical (unpaired) electrons. The largest absolute Gasteiger partial charge is 0.370 e. The van der Waals surface area contributed by atoms with Crippen molar-refractivity contribution in [3.63, 3.8) is 0 Å². The lowest BCUT2D eigenvalue weighted by Crippen LogP contribution is -2.33. The number of nitrogens with zero attached hydrogens (tertiary/aromatic N) is 1. The second kappa shape index (κ2) is 12.0. The highest BCUT2D eigenvalue weighted by atomic mass is 127. The van der Waals surface area contributed by atoms with Crippen molar-refractivity contribution in [2.75, 3.05) is 18.8 Å². The number of hydrogen-bond donors (Lipinski definition) is 2. The number of halogens is 1. The molecule has 0 saturated heterocycles. The van der Waals surface area contributed by atoms with E-state index in [-0.39, 0.29) is 24.0 Å². The molecule has 1 atom stereocenters. The van der Waals surface area contributed by atoms with Gasteiger partial charge in [-0.15, -0.1) is 24.0 Å². The van der Waals surface area contributed by atoms with Gasteiger partial charge in [0, 0.05) is 28.9 Å². The molecule has 3 N–H and O–H groups in total. The van der Waals surface area contributed by atoms with E-state index in [1.54, 1.807) is 0 Å². The van der Waals surface area contributed by atoms with Crippen LogP contribution in [-0.2, 0) is 23.0 Å². The third-order valence-corrected chi connectivity index (χ3v) is 4.63. The van der Waals surface area contributed by atoms with E-state index in [0.29, 0.717) is 24.0 Å². The summed E-state index contributed by atoms with van der Waals surface area (Å²) in [5.41, 5.74) is 8.16. The quantitative estimate of drug-likeness (QED) is 0.364. The molecule has 2 rings (SSSR count). The van der Waals surface area contributed by atoms with Crippen LogP contribution in [-0.4, -0.2) is 29.0 Å². The molecule has 0 fully saturated rings. The van der Waals surface area contributed by atoms with Crippen LogP contribution in [0.3, 0.4) is 0 Å². The van der Waals surface area contributed by atoms with Gasteiger partial charge in [0.1, 0.15) is 0 Å². The fraction of sp³-hybridized carbons (Fsp3) is 0.278. The Kier molecular flexibility index (Phi) is 10.3. The Morgan fingerprint density at radius 2 is 1.58 bits per heavy atom. The predicted molar refractivity (Wildman–Crippen MR) is 113 cm³/mol. The first kappa shape index (κ1) is 20.6. The van der Waals surface area contributed by atoms with Gasteiger partial charge in [-0.2, -0.15) is 0 Å². The van der Waals surface area contributed by atoms with E-state index in [9.17, 15) is 4.21 Å². The van der Waals surface area contributed by atoms with Gasteiger partial charge < -0.3 is 11.1 Å². The normalized spacial score (nSPS) is 12.2. The van der Waals surface area contributed by atoms with Gasteiger partial charge in [0.2, 0.25) is 0 Å². The fourth-order valence-electron chi connectivity index (χ4n) is 2.14. The third-order valence-electron chi connectivity index (χ3n) is 3.33. The second-order valence-electron chi connectivity index (χ2n) is 5.20. The van der Waals surface area contributed by atoms with Gasteiger partial charge in [-0.25, -0.2) is 0 Å². The number of guanidine groups is 1. The van der Waals surface area contributed by atoms with Crippen LogP contribution in [0, 0.1) is 0 Å². The van der Waals surface area contributed by atoms with E-state index in [4.69, 9.17) is 5.73 Å². The minimum absolute atomic E-state index is 0. The summed E-state index contributed by atoms with van der Waals surface area (Å²) >= 11 is 0. The van der Waals surface area contributed by atoms with Crippen LogP contribution < -0.4 is 11.1 Å². The first-order valence-corrected chi connectivity index (χ1v) is 9.19. The Bertz CT molecular complexity index is 635. The highest BCUT2D eigenvalue weighted by Gasteiger charge is 2.01. The third kappa shape index (κ3) is 8.44. The van der Waals surface area contributed by atoms with Crippen LogP contribution in [0.2, 0.25) is 0 Å². The zero-order valence-corrected chi connectivity index (χ0v) is 16.7. The molecule has 0 aliphatic carbocycles. The molecule has 2 aromatic carbocycles. The number of hydrogen-bond acceptors (Lipinski definition) is 2. The van der Waals surface area contributed by atoms with E-state index in [0.717, 1.165) is 18.5 Å². The summed E-state index contributed by atoms with van der Waals surface area (Å²) in [4.78, 5) is 4.23. The highest BCUT2D eigenvalue weighted by Crippen LogP contribution is 2.02. The number of benzene rings is 2. The number of nitrogens with one attached hydrogen (secondary N) is 1. The Labute approximate surface area is 163 Å².